The highest BCUT2D eigenvalue weighted by molar-refractivity contribution is 6.00. The average Bonchev–Trinajstić information content (AvgIpc) is 3.07. The number of hydrogen-bond acceptors (Lipinski definition) is 3. The van der Waals surface area contributed by atoms with Crippen LogP contribution in [0.4, 0.5) is 5.69 Å². The molecule has 2 heterocycles. The lowest BCUT2D eigenvalue weighted by Crippen LogP contribution is -2.49. The van der Waals surface area contributed by atoms with Crippen LogP contribution in [0.3, 0.4) is 0 Å². The Balaban J connectivity index is 1.54. The molecule has 1 aromatic heterocycles. The van der Waals surface area contributed by atoms with Crippen LogP contribution in [0.5, 0.6) is 5.75 Å². The highest BCUT2D eigenvalue weighted by Gasteiger charge is 2.27. The zero-order valence-corrected chi connectivity index (χ0v) is 18.2. The number of piperazine rings is 1. The highest BCUT2D eigenvalue weighted by atomic mass is 16.5. The molecule has 0 radical (unpaired) electrons. The van der Waals surface area contributed by atoms with Gasteiger partial charge in [-0.3, -0.25) is 4.79 Å². The minimum atomic E-state index is 0.0972. The zero-order valence-electron chi connectivity index (χ0n) is 18.2. The Bertz CT molecular complexity index is 1030. The molecule has 30 heavy (non-hydrogen) atoms. The van der Waals surface area contributed by atoms with Gasteiger partial charge in [-0.1, -0.05) is 29.8 Å². The maximum Gasteiger partial charge on any atom is 0.271 e. The summed E-state index contributed by atoms with van der Waals surface area (Å²) in [5, 5.41) is 0. The number of benzene rings is 2. The van der Waals surface area contributed by atoms with Crippen LogP contribution >= 0.6 is 0 Å². The summed E-state index contributed by atoms with van der Waals surface area (Å²) in [4.78, 5) is 17.8. The molecule has 0 atom stereocenters. The van der Waals surface area contributed by atoms with Crippen LogP contribution in [0.2, 0.25) is 0 Å². The quantitative estimate of drug-likeness (QED) is 0.653. The molecule has 0 aliphatic carbocycles. The Kier molecular flexibility index (Phi) is 5.53. The van der Waals surface area contributed by atoms with Crippen molar-refractivity contribution < 1.29 is 9.53 Å². The van der Waals surface area contributed by atoms with Crippen LogP contribution < -0.4 is 9.64 Å². The predicted octanol–water partition coefficient (Wildman–Crippen LogP) is 4.28. The molecule has 0 spiro atoms. The molecule has 0 unspecified atom stereocenters. The van der Waals surface area contributed by atoms with Gasteiger partial charge < -0.3 is 19.1 Å². The second-order valence-corrected chi connectivity index (χ2v) is 7.99. The van der Waals surface area contributed by atoms with E-state index in [4.69, 9.17) is 4.74 Å². The van der Waals surface area contributed by atoms with E-state index in [9.17, 15) is 4.79 Å². The molecule has 4 rings (SSSR count). The van der Waals surface area contributed by atoms with Crippen LogP contribution in [0.25, 0.3) is 11.1 Å². The molecule has 2 aromatic carbocycles. The number of rotatable bonds is 4. The Labute approximate surface area is 178 Å². The normalized spacial score (nSPS) is 14.1. The average molecular weight is 404 g/mol. The van der Waals surface area contributed by atoms with Gasteiger partial charge in [-0.15, -0.1) is 0 Å². The molecule has 5 nitrogen and oxygen atoms in total. The third-order valence-corrected chi connectivity index (χ3v) is 5.92. The summed E-state index contributed by atoms with van der Waals surface area (Å²) in [6, 6.07) is 16.5. The van der Waals surface area contributed by atoms with Gasteiger partial charge in [0.2, 0.25) is 0 Å². The lowest BCUT2D eigenvalue weighted by atomic mass is 10.0. The summed E-state index contributed by atoms with van der Waals surface area (Å²) >= 11 is 0. The van der Waals surface area contributed by atoms with Gasteiger partial charge in [-0.25, -0.2) is 0 Å². The van der Waals surface area contributed by atoms with Crippen molar-refractivity contribution in [1.29, 1.82) is 0 Å². The van der Waals surface area contributed by atoms with E-state index >= 15 is 0 Å². The fourth-order valence-electron chi connectivity index (χ4n) is 4.24. The number of carbonyl (C=O) groups excluding carboxylic acids is 1. The SMILES string of the molecule is COc1ccc(-c2c(C)cn(C)c2C(=O)N2CCN(c3ccc(C)cc3)CC2)cc1. The largest absolute Gasteiger partial charge is 0.497 e. The lowest BCUT2D eigenvalue weighted by Gasteiger charge is -2.36. The first kappa shape index (κ1) is 20.1. The van der Waals surface area contributed by atoms with E-state index in [-0.39, 0.29) is 5.91 Å². The standard InChI is InChI=1S/C25H29N3O2/c1-18-5-9-21(10-6-18)27-13-15-28(16-14-27)25(29)24-23(19(2)17-26(24)3)20-7-11-22(30-4)12-8-20/h5-12,17H,13-16H2,1-4H3. The lowest BCUT2D eigenvalue weighted by molar-refractivity contribution is 0.0738. The van der Waals surface area contributed by atoms with Crippen molar-refractivity contribution >= 4 is 11.6 Å². The van der Waals surface area contributed by atoms with Crippen LogP contribution in [-0.2, 0) is 7.05 Å². The fourth-order valence-corrected chi connectivity index (χ4v) is 4.24. The van der Waals surface area contributed by atoms with E-state index in [0.717, 1.165) is 54.3 Å². The van der Waals surface area contributed by atoms with Crippen molar-refractivity contribution in [2.24, 2.45) is 7.05 Å². The van der Waals surface area contributed by atoms with E-state index in [2.05, 4.69) is 43.0 Å². The predicted molar refractivity (Wildman–Crippen MR) is 121 cm³/mol. The number of ether oxygens (including phenoxy) is 1. The zero-order chi connectivity index (χ0) is 21.3. The van der Waals surface area contributed by atoms with Crippen molar-refractivity contribution in [2.45, 2.75) is 13.8 Å². The number of carbonyl (C=O) groups is 1. The van der Waals surface area contributed by atoms with E-state index in [0.29, 0.717) is 0 Å². The van der Waals surface area contributed by atoms with Gasteiger partial charge in [0.05, 0.1) is 7.11 Å². The molecule has 1 saturated heterocycles. The number of methoxy groups -OCH3 is 1. The van der Waals surface area contributed by atoms with Gasteiger partial charge >= 0.3 is 0 Å². The topological polar surface area (TPSA) is 37.7 Å². The van der Waals surface area contributed by atoms with E-state index in [1.54, 1.807) is 7.11 Å². The second-order valence-electron chi connectivity index (χ2n) is 7.99. The summed E-state index contributed by atoms with van der Waals surface area (Å²) in [5.41, 5.74) is 6.38. The monoisotopic (exact) mass is 403 g/mol. The molecular formula is C25H29N3O2. The maximum absolute atomic E-state index is 13.5. The van der Waals surface area contributed by atoms with Crippen molar-refractivity contribution in [1.82, 2.24) is 9.47 Å². The summed E-state index contributed by atoms with van der Waals surface area (Å²) < 4.78 is 7.24. The molecule has 1 aliphatic heterocycles. The molecular weight excluding hydrogens is 374 g/mol. The smallest absolute Gasteiger partial charge is 0.271 e. The molecule has 0 N–H and O–H groups in total. The maximum atomic E-state index is 13.5. The number of aromatic nitrogens is 1. The summed E-state index contributed by atoms with van der Waals surface area (Å²) in [6.45, 7) is 7.29. The van der Waals surface area contributed by atoms with E-state index in [1.807, 2.05) is 47.0 Å². The molecule has 5 heteroatoms. The van der Waals surface area contributed by atoms with Crippen molar-refractivity contribution in [3.8, 4) is 16.9 Å². The fraction of sp³-hybridized carbons (Fsp3) is 0.320. The van der Waals surface area contributed by atoms with Gasteiger partial charge in [0, 0.05) is 50.7 Å². The molecule has 0 bridgehead atoms. The van der Waals surface area contributed by atoms with Crippen LogP contribution in [0, 0.1) is 13.8 Å². The third kappa shape index (κ3) is 3.80. The second kappa shape index (κ2) is 8.27. The summed E-state index contributed by atoms with van der Waals surface area (Å²) in [6.07, 6.45) is 2.04. The minimum Gasteiger partial charge on any atom is -0.497 e. The molecule has 1 aliphatic rings. The van der Waals surface area contributed by atoms with Crippen LogP contribution in [-0.4, -0.2) is 48.7 Å². The minimum absolute atomic E-state index is 0.0972. The van der Waals surface area contributed by atoms with E-state index in [1.165, 1.54) is 11.3 Å². The number of anilines is 1. The Morgan fingerprint density at radius 1 is 0.900 bits per heavy atom. The molecule has 156 valence electrons. The molecule has 1 fully saturated rings. The first-order valence-corrected chi connectivity index (χ1v) is 10.4. The number of amides is 1. The van der Waals surface area contributed by atoms with Crippen molar-refractivity contribution in [2.75, 3.05) is 38.2 Å². The first-order chi connectivity index (χ1) is 14.5. The van der Waals surface area contributed by atoms with E-state index < -0.39 is 0 Å². The van der Waals surface area contributed by atoms with Crippen LogP contribution in [0.15, 0.2) is 54.7 Å². The van der Waals surface area contributed by atoms with Gasteiger partial charge in [-0.2, -0.15) is 0 Å². The Morgan fingerprint density at radius 2 is 1.53 bits per heavy atom. The van der Waals surface area contributed by atoms with Gasteiger partial charge in [0.15, 0.2) is 0 Å². The first-order valence-electron chi connectivity index (χ1n) is 10.4. The Morgan fingerprint density at radius 3 is 2.13 bits per heavy atom. The van der Waals surface area contributed by atoms with Crippen LogP contribution in [0.1, 0.15) is 21.6 Å². The van der Waals surface area contributed by atoms with Gasteiger partial charge in [0.25, 0.3) is 5.91 Å². The summed E-state index contributed by atoms with van der Waals surface area (Å²) in [7, 11) is 3.61. The van der Waals surface area contributed by atoms with Gasteiger partial charge in [-0.05, 0) is 49.2 Å². The summed E-state index contributed by atoms with van der Waals surface area (Å²) in [5.74, 6) is 0.910. The van der Waals surface area contributed by atoms with Crippen molar-refractivity contribution in [3.63, 3.8) is 0 Å². The molecule has 1 amide bonds. The van der Waals surface area contributed by atoms with Crippen molar-refractivity contribution in [3.05, 3.63) is 71.5 Å². The number of aryl methyl sites for hydroxylation is 3. The molecule has 3 aromatic rings. The highest BCUT2D eigenvalue weighted by Crippen LogP contribution is 2.31. The van der Waals surface area contributed by atoms with Gasteiger partial charge in [0.1, 0.15) is 11.4 Å². The Hall–Kier alpha value is -3.21. The third-order valence-electron chi connectivity index (χ3n) is 5.92. The number of hydrogen-bond donors (Lipinski definition) is 0. The molecule has 0 saturated carbocycles. The number of nitrogens with zero attached hydrogens (tertiary/aromatic N) is 3.